The van der Waals surface area contributed by atoms with Crippen LogP contribution in [-0.4, -0.2) is 60.2 Å². The van der Waals surface area contributed by atoms with Crippen LogP contribution in [-0.2, 0) is 14.3 Å². The fourth-order valence-corrected chi connectivity index (χ4v) is 7.54. The molecule has 1 aromatic heterocycles. The highest BCUT2D eigenvalue weighted by molar-refractivity contribution is 6.03. The Morgan fingerprint density at radius 3 is 2.54 bits per heavy atom. The van der Waals surface area contributed by atoms with Crippen LogP contribution in [0.25, 0.3) is 0 Å². The monoisotopic (exact) mass is 532 g/mol. The third-order valence-electron chi connectivity index (χ3n) is 10.2. The highest BCUT2D eigenvalue weighted by atomic mass is 16.5. The van der Waals surface area contributed by atoms with E-state index in [2.05, 4.69) is 20.5 Å². The zero-order valence-electron chi connectivity index (χ0n) is 23.2. The minimum atomic E-state index is -0.555. The minimum absolute atomic E-state index is 0.0212. The van der Waals surface area contributed by atoms with Gasteiger partial charge >= 0.3 is 0 Å². The SMILES string of the molecule is COC12CC1C(C(=O)NC1CCCCC1)=CC=C2Nc1ncc2c(n1)N(C1CCCC1)CC1(CC1)C(=O)N2C. The molecule has 2 N–H and O–H groups in total. The number of rotatable bonds is 6. The van der Waals surface area contributed by atoms with Crippen LogP contribution >= 0.6 is 0 Å². The van der Waals surface area contributed by atoms with Gasteiger partial charge in [0, 0.05) is 44.3 Å². The first kappa shape index (κ1) is 25.1. The van der Waals surface area contributed by atoms with Crippen molar-refractivity contribution in [1.82, 2.24) is 15.3 Å². The molecule has 2 atom stereocenters. The first-order chi connectivity index (χ1) is 18.9. The van der Waals surface area contributed by atoms with Crippen molar-refractivity contribution in [3.63, 3.8) is 0 Å². The van der Waals surface area contributed by atoms with E-state index in [4.69, 9.17) is 9.72 Å². The topological polar surface area (TPSA) is 99.7 Å². The van der Waals surface area contributed by atoms with Crippen molar-refractivity contribution in [3.8, 4) is 0 Å². The zero-order valence-corrected chi connectivity index (χ0v) is 23.2. The lowest BCUT2D eigenvalue weighted by Gasteiger charge is -2.32. The van der Waals surface area contributed by atoms with E-state index in [1.54, 1.807) is 18.2 Å². The smallest absolute Gasteiger partial charge is 0.247 e. The van der Waals surface area contributed by atoms with Crippen LogP contribution in [0.4, 0.5) is 17.5 Å². The van der Waals surface area contributed by atoms with Crippen LogP contribution in [0.1, 0.15) is 77.0 Å². The Morgan fingerprint density at radius 1 is 1.08 bits per heavy atom. The van der Waals surface area contributed by atoms with E-state index in [-0.39, 0.29) is 29.2 Å². The Balaban J connectivity index is 1.16. The molecule has 1 spiro atoms. The van der Waals surface area contributed by atoms with Gasteiger partial charge in [0.1, 0.15) is 11.3 Å². The number of hydrogen-bond donors (Lipinski definition) is 2. The van der Waals surface area contributed by atoms with Gasteiger partial charge in [0.25, 0.3) is 0 Å². The minimum Gasteiger partial charge on any atom is -0.371 e. The van der Waals surface area contributed by atoms with Crippen LogP contribution in [0.15, 0.2) is 29.6 Å². The van der Waals surface area contributed by atoms with Gasteiger partial charge in [0.15, 0.2) is 5.82 Å². The summed E-state index contributed by atoms with van der Waals surface area (Å²) in [4.78, 5) is 40.4. The Kier molecular flexibility index (Phi) is 5.99. The van der Waals surface area contributed by atoms with Gasteiger partial charge in [-0.1, -0.05) is 38.2 Å². The van der Waals surface area contributed by atoms with E-state index < -0.39 is 5.60 Å². The van der Waals surface area contributed by atoms with Gasteiger partial charge in [-0.2, -0.15) is 4.98 Å². The fraction of sp³-hybridized carbons (Fsp3) is 0.667. The van der Waals surface area contributed by atoms with E-state index >= 15 is 0 Å². The maximum absolute atomic E-state index is 13.4. The molecule has 4 saturated carbocycles. The molecule has 9 nitrogen and oxygen atoms in total. The number of amides is 2. The van der Waals surface area contributed by atoms with E-state index in [9.17, 15) is 9.59 Å². The molecule has 0 bridgehead atoms. The van der Waals surface area contributed by atoms with Gasteiger partial charge in [-0.05, 0) is 51.0 Å². The first-order valence-electron chi connectivity index (χ1n) is 14.9. The van der Waals surface area contributed by atoms with Gasteiger partial charge in [0.2, 0.25) is 17.8 Å². The molecule has 2 heterocycles. The molecule has 1 aliphatic heterocycles. The lowest BCUT2D eigenvalue weighted by Crippen LogP contribution is -2.41. The van der Waals surface area contributed by atoms with Crippen LogP contribution in [0, 0.1) is 11.3 Å². The second-order valence-corrected chi connectivity index (χ2v) is 12.6. The molecule has 0 aromatic carbocycles. The van der Waals surface area contributed by atoms with E-state index in [1.165, 1.54) is 32.1 Å². The number of methoxy groups -OCH3 is 1. The average molecular weight is 533 g/mol. The molecule has 9 heteroatoms. The molecule has 2 unspecified atom stereocenters. The van der Waals surface area contributed by atoms with Crippen molar-refractivity contribution in [2.24, 2.45) is 11.3 Å². The molecule has 5 aliphatic carbocycles. The zero-order chi connectivity index (χ0) is 26.8. The van der Waals surface area contributed by atoms with Crippen LogP contribution in [0.3, 0.4) is 0 Å². The van der Waals surface area contributed by atoms with Crippen LogP contribution < -0.4 is 20.4 Å². The Labute approximate surface area is 230 Å². The Morgan fingerprint density at radius 2 is 1.82 bits per heavy atom. The molecule has 6 aliphatic rings. The lowest BCUT2D eigenvalue weighted by atomic mass is 9.94. The second-order valence-electron chi connectivity index (χ2n) is 12.6. The molecular weight excluding hydrogens is 492 g/mol. The summed E-state index contributed by atoms with van der Waals surface area (Å²) in [6.45, 7) is 0.735. The standard InChI is InChI=1S/C30H40N6O3/c1-35-23-17-31-28(34-25(23)36(20-10-6-7-11-20)18-29(14-15-29)27(35)38)33-24-13-12-21(22-16-30(22,24)39-2)26(37)32-19-8-4-3-5-9-19/h12-13,17,19-20,22H,3-11,14-16,18H2,1-2H3,(H,32,37)(H,31,33,34). The first-order valence-corrected chi connectivity index (χ1v) is 14.9. The summed E-state index contributed by atoms with van der Waals surface area (Å²) in [7, 11) is 3.58. The third-order valence-corrected chi connectivity index (χ3v) is 10.2. The number of carbonyl (C=O) groups is 2. The molecule has 2 amide bonds. The summed E-state index contributed by atoms with van der Waals surface area (Å²) >= 11 is 0. The van der Waals surface area contributed by atoms with Crippen LogP contribution in [0.5, 0.6) is 0 Å². The summed E-state index contributed by atoms with van der Waals surface area (Å²) in [6.07, 6.45) is 18.8. The number of aromatic nitrogens is 2. The summed E-state index contributed by atoms with van der Waals surface area (Å²) in [6, 6.07) is 0.686. The highest BCUT2D eigenvalue weighted by Crippen LogP contribution is 2.58. The second kappa shape index (κ2) is 9.32. The van der Waals surface area contributed by atoms with E-state index in [0.717, 1.165) is 74.3 Å². The summed E-state index contributed by atoms with van der Waals surface area (Å²) in [5, 5.41) is 6.72. The van der Waals surface area contributed by atoms with Crippen molar-refractivity contribution >= 4 is 29.3 Å². The van der Waals surface area contributed by atoms with Crippen molar-refractivity contribution < 1.29 is 14.3 Å². The predicted molar refractivity (Wildman–Crippen MR) is 149 cm³/mol. The number of allylic oxidation sites excluding steroid dienone is 2. The van der Waals surface area contributed by atoms with Gasteiger partial charge in [-0.25, -0.2) is 4.98 Å². The van der Waals surface area contributed by atoms with E-state index in [1.807, 2.05) is 19.2 Å². The maximum atomic E-state index is 13.4. The van der Waals surface area contributed by atoms with Crippen LogP contribution in [0.2, 0.25) is 0 Å². The lowest BCUT2D eigenvalue weighted by molar-refractivity contribution is -0.123. The number of nitrogens with zero attached hydrogens (tertiary/aromatic N) is 4. The van der Waals surface area contributed by atoms with Crippen molar-refractivity contribution in [2.45, 2.75) is 94.7 Å². The number of ether oxygens (including phenoxy) is 1. The molecule has 0 saturated heterocycles. The van der Waals surface area contributed by atoms with Gasteiger partial charge in [-0.3, -0.25) is 9.59 Å². The summed E-state index contributed by atoms with van der Waals surface area (Å²) in [5.41, 5.74) is 1.64. The average Bonchev–Trinajstić information content (AvgIpc) is 3.85. The number of anilines is 3. The normalized spacial score (nSPS) is 29.8. The van der Waals surface area contributed by atoms with Gasteiger partial charge in [-0.15, -0.1) is 0 Å². The number of hydrogen-bond acceptors (Lipinski definition) is 7. The quantitative estimate of drug-likeness (QED) is 0.570. The molecule has 7 rings (SSSR count). The largest absolute Gasteiger partial charge is 0.371 e. The number of carbonyl (C=O) groups excluding carboxylic acids is 2. The number of nitrogens with one attached hydrogen (secondary N) is 2. The molecule has 39 heavy (non-hydrogen) atoms. The Hall–Kier alpha value is -2.94. The van der Waals surface area contributed by atoms with Crippen molar-refractivity contribution in [1.29, 1.82) is 0 Å². The fourth-order valence-electron chi connectivity index (χ4n) is 7.54. The highest BCUT2D eigenvalue weighted by Gasteiger charge is 2.62. The maximum Gasteiger partial charge on any atom is 0.247 e. The molecule has 1 aromatic rings. The number of fused-ring (bicyclic) bond motifs is 2. The van der Waals surface area contributed by atoms with E-state index in [0.29, 0.717) is 12.0 Å². The van der Waals surface area contributed by atoms with Gasteiger partial charge < -0.3 is 25.2 Å². The van der Waals surface area contributed by atoms with Crippen molar-refractivity contribution in [2.75, 3.05) is 35.8 Å². The predicted octanol–water partition coefficient (Wildman–Crippen LogP) is 4.07. The molecule has 0 radical (unpaired) electrons. The molecular formula is C30H40N6O3. The van der Waals surface area contributed by atoms with Crippen molar-refractivity contribution in [3.05, 3.63) is 29.6 Å². The third kappa shape index (κ3) is 4.15. The summed E-state index contributed by atoms with van der Waals surface area (Å²) < 4.78 is 6.04. The van der Waals surface area contributed by atoms with Gasteiger partial charge in [0.05, 0.1) is 17.3 Å². The summed E-state index contributed by atoms with van der Waals surface area (Å²) in [5.74, 6) is 1.59. The Bertz CT molecular complexity index is 1240. The molecule has 208 valence electrons. The molecule has 4 fully saturated rings.